The van der Waals surface area contributed by atoms with Gasteiger partial charge in [-0.2, -0.15) is 0 Å². The summed E-state index contributed by atoms with van der Waals surface area (Å²) in [6, 6.07) is 5.85. The van der Waals surface area contributed by atoms with Crippen molar-refractivity contribution in [3.63, 3.8) is 0 Å². The predicted molar refractivity (Wildman–Crippen MR) is 122 cm³/mol. The number of Topliss-reactive ketones (excluding diaryl/α,β-unsaturated/α-hetero) is 2. The Kier molecular flexibility index (Phi) is 6.99. The summed E-state index contributed by atoms with van der Waals surface area (Å²) in [6.07, 6.45) is 4.44. The van der Waals surface area contributed by atoms with Crippen LogP contribution >= 0.6 is 0 Å². The minimum absolute atomic E-state index is 0.149. The van der Waals surface area contributed by atoms with Crippen LogP contribution in [0, 0.1) is 0 Å². The fraction of sp³-hybridized carbons (Fsp3) is 0.538. The molecule has 1 aromatic carbocycles. The van der Waals surface area contributed by atoms with Crippen molar-refractivity contribution in [1.29, 1.82) is 0 Å². The molecule has 1 heterocycles. The van der Waals surface area contributed by atoms with E-state index in [1.54, 1.807) is 7.11 Å². The number of allylic oxidation sites excluding steroid dienone is 4. The van der Waals surface area contributed by atoms with E-state index in [0.29, 0.717) is 50.7 Å². The van der Waals surface area contributed by atoms with Crippen LogP contribution in [0.25, 0.3) is 0 Å². The van der Waals surface area contributed by atoms with Gasteiger partial charge in [-0.15, -0.1) is 0 Å². The van der Waals surface area contributed by atoms with Crippen LogP contribution in [-0.4, -0.2) is 49.9 Å². The highest BCUT2D eigenvalue weighted by molar-refractivity contribution is 6.06. The number of nitrogens with zero attached hydrogens (tertiary/aromatic N) is 1. The molecule has 0 N–H and O–H groups in total. The summed E-state index contributed by atoms with van der Waals surface area (Å²) in [6.45, 7) is 6.15. The van der Waals surface area contributed by atoms with Gasteiger partial charge in [0.15, 0.2) is 23.1 Å². The van der Waals surface area contributed by atoms with Gasteiger partial charge in [0.05, 0.1) is 19.8 Å². The molecule has 4 rings (SSSR count). The summed E-state index contributed by atoms with van der Waals surface area (Å²) in [5.41, 5.74) is 4.64. The van der Waals surface area contributed by atoms with E-state index in [4.69, 9.17) is 14.2 Å². The average Bonchev–Trinajstić information content (AvgIpc) is 2.79. The average molecular weight is 440 g/mol. The van der Waals surface area contributed by atoms with Gasteiger partial charge in [-0.3, -0.25) is 9.59 Å². The summed E-state index contributed by atoms with van der Waals surface area (Å²) in [4.78, 5) is 28.8. The van der Waals surface area contributed by atoms with E-state index in [2.05, 4.69) is 4.90 Å². The number of hydrogen-bond acceptors (Lipinski definition) is 6. The maximum Gasteiger partial charge on any atom is 0.161 e. The molecule has 0 atom stereocenters. The Morgan fingerprint density at radius 1 is 0.875 bits per heavy atom. The summed E-state index contributed by atoms with van der Waals surface area (Å²) in [5.74, 6) is 1.30. The zero-order chi connectivity index (χ0) is 22.7. The fourth-order valence-corrected chi connectivity index (χ4v) is 5.25. The van der Waals surface area contributed by atoms with E-state index >= 15 is 0 Å². The molecular weight excluding hydrogens is 406 g/mol. The largest absolute Gasteiger partial charge is 0.490 e. The highest BCUT2D eigenvalue weighted by Crippen LogP contribution is 2.49. The first-order valence-corrected chi connectivity index (χ1v) is 11.8. The SMILES string of the molecule is CCOc1ccc(C2C3=C(CCCC3=O)N(CCOC)C3=C2C(=O)CCC3)cc1OCC. The van der Waals surface area contributed by atoms with Crippen LogP contribution in [0.4, 0.5) is 0 Å². The molecule has 0 saturated carbocycles. The number of ketones is 2. The third-order valence-electron chi connectivity index (χ3n) is 6.51. The fourth-order valence-electron chi connectivity index (χ4n) is 5.25. The Balaban J connectivity index is 1.89. The number of carbonyl (C=O) groups is 2. The zero-order valence-electron chi connectivity index (χ0n) is 19.4. The van der Waals surface area contributed by atoms with Gasteiger partial charge in [0.25, 0.3) is 0 Å². The molecule has 0 amide bonds. The van der Waals surface area contributed by atoms with Crippen molar-refractivity contribution in [1.82, 2.24) is 4.90 Å². The van der Waals surface area contributed by atoms with Crippen molar-refractivity contribution in [3.8, 4) is 11.5 Å². The topological polar surface area (TPSA) is 65.1 Å². The molecule has 172 valence electrons. The van der Waals surface area contributed by atoms with Gasteiger partial charge >= 0.3 is 0 Å². The van der Waals surface area contributed by atoms with Gasteiger partial charge in [0.2, 0.25) is 0 Å². The van der Waals surface area contributed by atoms with Crippen LogP contribution in [0.15, 0.2) is 40.7 Å². The van der Waals surface area contributed by atoms with E-state index in [1.807, 2.05) is 32.0 Å². The Morgan fingerprint density at radius 3 is 2.03 bits per heavy atom. The van der Waals surface area contributed by atoms with E-state index in [0.717, 1.165) is 53.8 Å². The first kappa shape index (κ1) is 22.6. The van der Waals surface area contributed by atoms with Crippen LogP contribution in [0.1, 0.15) is 63.9 Å². The minimum Gasteiger partial charge on any atom is -0.490 e. The van der Waals surface area contributed by atoms with E-state index in [9.17, 15) is 9.59 Å². The molecule has 6 heteroatoms. The molecule has 3 aliphatic rings. The molecule has 1 aliphatic heterocycles. The zero-order valence-corrected chi connectivity index (χ0v) is 19.4. The van der Waals surface area contributed by atoms with Crippen molar-refractivity contribution < 1.29 is 23.8 Å². The Bertz CT molecular complexity index is 917. The second-order valence-corrected chi connectivity index (χ2v) is 8.42. The first-order chi connectivity index (χ1) is 15.6. The van der Waals surface area contributed by atoms with Crippen molar-refractivity contribution in [2.75, 3.05) is 33.5 Å². The van der Waals surface area contributed by atoms with Gasteiger partial charge in [-0.05, 0) is 57.2 Å². The molecule has 32 heavy (non-hydrogen) atoms. The number of methoxy groups -OCH3 is 1. The second-order valence-electron chi connectivity index (χ2n) is 8.42. The van der Waals surface area contributed by atoms with Crippen LogP contribution < -0.4 is 9.47 Å². The molecule has 0 unspecified atom stereocenters. The molecule has 1 aromatic rings. The van der Waals surface area contributed by atoms with E-state index in [-0.39, 0.29) is 17.5 Å². The van der Waals surface area contributed by atoms with Crippen LogP contribution in [0.2, 0.25) is 0 Å². The number of rotatable bonds is 8. The number of hydrogen-bond donors (Lipinski definition) is 0. The lowest BCUT2D eigenvalue weighted by Gasteiger charge is -2.44. The molecule has 2 aliphatic carbocycles. The Morgan fingerprint density at radius 2 is 1.47 bits per heavy atom. The first-order valence-electron chi connectivity index (χ1n) is 11.8. The van der Waals surface area contributed by atoms with E-state index < -0.39 is 0 Å². The van der Waals surface area contributed by atoms with Crippen molar-refractivity contribution in [2.45, 2.75) is 58.3 Å². The Labute approximate surface area is 190 Å². The van der Waals surface area contributed by atoms with Crippen LogP contribution in [0.5, 0.6) is 11.5 Å². The molecule has 0 bridgehead atoms. The molecule has 0 spiro atoms. The lowest BCUT2D eigenvalue weighted by Crippen LogP contribution is -2.40. The third kappa shape index (κ3) is 4.08. The quantitative estimate of drug-likeness (QED) is 0.592. The minimum atomic E-state index is -0.339. The van der Waals surface area contributed by atoms with Gasteiger partial charge in [-0.25, -0.2) is 0 Å². The molecule has 0 saturated heterocycles. The Hall–Kier alpha value is -2.60. The lowest BCUT2D eigenvalue weighted by molar-refractivity contribution is -0.117. The monoisotopic (exact) mass is 439 g/mol. The third-order valence-corrected chi connectivity index (χ3v) is 6.51. The number of ether oxygens (including phenoxy) is 3. The molecule has 6 nitrogen and oxygen atoms in total. The number of benzene rings is 1. The van der Waals surface area contributed by atoms with Gasteiger partial charge in [0, 0.05) is 55.0 Å². The predicted octanol–water partition coefficient (Wildman–Crippen LogP) is 4.54. The highest BCUT2D eigenvalue weighted by Gasteiger charge is 2.43. The van der Waals surface area contributed by atoms with Crippen LogP contribution in [0.3, 0.4) is 0 Å². The van der Waals surface area contributed by atoms with Crippen molar-refractivity contribution in [3.05, 3.63) is 46.3 Å². The second kappa shape index (κ2) is 9.90. The molecule has 0 aromatic heterocycles. The van der Waals surface area contributed by atoms with Crippen molar-refractivity contribution in [2.24, 2.45) is 0 Å². The van der Waals surface area contributed by atoms with Gasteiger partial charge < -0.3 is 19.1 Å². The summed E-state index contributed by atoms with van der Waals surface area (Å²) in [5, 5.41) is 0. The highest BCUT2D eigenvalue weighted by atomic mass is 16.5. The molecule has 0 radical (unpaired) electrons. The van der Waals surface area contributed by atoms with Crippen LogP contribution in [-0.2, 0) is 14.3 Å². The summed E-state index contributed by atoms with van der Waals surface area (Å²) in [7, 11) is 1.69. The molecule has 0 fully saturated rings. The van der Waals surface area contributed by atoms with Crippen molar-refractivity contribution >= 4 is 11.6 Å². The maximum absolute atomic E-state index is 13.3. The van der Waals surface area contributed by atoms with Gasteiger partial charge in [0.1, 0.15) is 0 Å². The lowest BCUT2D eigenvalue weighted by atomic mass is 9.71. The number of carbonyl (C=O) groups excluding carboxylic acids is 2. The molecular formula is C26H33NO5. The maximum atomic E-state index is 13.3. The van der Waals surface area contributed by atoms with Gasteiger partial charge in [-0.1, -0.05) is 6.07 Å². The smallest absolute Gasteiger partial charge is 0.161 e. The summed E-state index contributed by atoms with van der Waals surface area (Å²) >= 11 is 0. The normalized spacial score (nSPS) is 19.3. The standard InChI is InChI=1S/C26H33NO5/c1-4-31-22-13-12-17(16-23(22)32-5-2)24-25-18(8-6-10-20(25)28)27(14-15-30-3)19-9-7-11-21(29)26(19)24/h12-13,16,24H,4-11,14-15H2,1-3H3. The summed E-state index contributed by atoms with van der Waals surface area (Å²) < 4.78 is 17.0. The van der Waals surface area contributed by atoms with E-state index in [1.165, 1.54) is 0 Å².